The summed E-state index contributed by atoms with van der Waals surface area (Å²) in [5.74, 6) is 0.0397. The van der Waals surface area contributed by atoms with E-state index in [0.29, 0.717) is 18.9 Å². The second-order valence-corrected chi connectivity index (χ2v) is 7.49. The average molecular weight is 399 g/mol. The van der Waals surface area contributed by atoms with Gasteiger partial charge in [-0.2, -0.15) is 0 Å². The van der Waals surface area contributed by atoms with Crippen LogP contribution in [0.15, 0.2) is 48.5 Å². The van der Waals surface area contributed by atoms with Crippen molar-refractivity contribution in [3.63, 3.8) is 0 Å². The van der Waals surface area contributed by atoms with Crippen molar-refractivity contribution in [1.29, 1.82) is 0 Å². The number of hydrogen-bond donors (Lipinski definition) is 1. The Morgan fingerprint density at radius 1 is 1.18 bits per heavy atom. The van der Waals surface area contributed by atoms with Gasteiger partial charge < -0.3 is 10.3 Å². The minimum absolute atomic E-state index is 0.131. The van der Waals surface area contributed by atoms with Gasteiger partial charge in [0.1, 0.15) is 6.61 Å². The van der Waals surface area contributed by atoms with E-state index in [-0.39, 0.29) is 6.42 Å². The van der Waals surface area contributed by atoms with Crippen LogP contribution in [-0.2, 0) is 26.8 Å². The first-order valence-electron chi connectivity index (χ1n) is 9.21. The zero-order valence-corrected chi connectivity index (χ0v) is 16.9. The normalized spacial score (nSPS) is 11.6. The van der Waals surface area contributed by atoms with E-state index in [1.165, 1.54) is 0 Å². The van der Waals surface area contributed by atoms with E-state index in [0.717, 1.165) is 34.1 Å². The standard InChI is InChI=1S/C21H23N2O4P/c1-3-11-26-28(25)27-17-9-10-20-19(12-17)18(13-21(22)24)15(2)23(20)14-16-7-5-4-6-8-16/h4-10,12H,3,11,13-14H2,1-2H3,(H-,22,24)/p+1. The van der Waals surface area contributed by atoms with Crippen molar-refractivity contribution in [1.82, 2.24) is 4.57 Å². The van der Waals surface area contributed by atoms with Gasteiger partial charge in [-0.15, -0.1) is 4.52 Å². The van der Waals surface area contributed by atoms with Crippen LogP contribution < -0.4 is 10.3 Å². The Morgan fingerprint density at radius 2 is 1.93 bits per heavy atom. The molecule has 146 valence electrons. The van der Waals surface area contributed by atoms with Gasteiger partial charge in [0.05, 0.1) is 6.42 Å². The van der Waals surface area contributed by atoms with Crippen molar-refractivity contribution < 1.29 is 18.4 Å². The number of amides is 1. The summed E-state index contributed by atoms with van der Waals surface area (Å²) in [6.45, 7) is 4.96. The summed E-state index contributed by atoms with van der Waals surface area (Å²) in [7, 11) is -2.23. The van der Waals surface area contributed by atoms with Crippen LogP contribution in [0.1, 0.15) is 30.2 Å². The van der Waals surface area contributed by atoms with E-state index in [2.05, 4.69) is 16.7 Å². The molecule has 0 radical (unpaired) electrons. The molecule has 1 atom stereocenters. The van der Waals surface area contributed by atoms with E-state index >= 15 is 0 Å². The minimum Gasteiger partial charge on any atom is -0.369 e. The van der Waals surface area contributed by atoms with Crippen molar-refractivity contribution in [2.75, 3.05) is 6.61 Å². The predicted molar refractivity (Wildman–Crippen MR) is 110 cm³/mol. The van der Waals surface area contributed by atoms with Crippen LogP contribution >= 0.6 is 8.25 Å². The fourth-order valence-corrected chi connectivity index (χ4v) is 3.90. The number of aromatic nitrogens is 1. The zero-order valence-electron chi connectivity index (χ0n) is 16.1. The Hall–Kier alpha value is -2.69. The zero-order chi connectivity index (χ0) is 20.1. The Bertz CT molecular complexity index is 999. The lowest BCUT2D eigenvalue weighted by Crippen LogP contribution is -2.14. The third-order valence-corrected chi connectivity index (χ3v) is 5.29. The van der Waals surface area contributed by atoms with Crippen LogP contribution in [0, 0.1) is 6.92 Å². The van der Waals surface area contributed by atoms with Gasteiger partial charge in [0.15, 0.2) is 5.75 Å². The Balaban J connectivity index is 2.01. The van der Waals surface area contributed by atoms with Crippen molar-refractivity contribution >= 4 is 25.1 Å². The molecule has 1 heterocycles. The molecule has 28 heavy (non-hydrogen) atoms. The molecule has 7 heteroatoms. The molecule has 0 saturated heterocycles. The van der Waals surface area contributed by atoms with E-state index in [4.69, 9.17) is 14.8 Å². The van der Waals surface area contributed by atoms with Crippen molar-refractivity contribution in [2.24, 2.45) is 5.73 Å². The van der Waals surface area contributed by atoms with E-state index in [1.54, 1.807) is 12.1 Å². The van der Waals surface area contributed by atoms with Crippen molar-refractivity contribution in [2.45, 2.75) is 33.2 Å². The lowest BCUT2D eigenvalue weighted by molar-refractivity contribution is -0.117. The summed E-state index contributed by atoms with van der Waals surface area (Å²) in [5, 5.41) is 0.864. The molecule has 0 saturated carbocycles. The largest absolute Gasteiger partial charge is 0.750 e. The molecule has 2 N–H and O–H groups in total. The molecular weight excluding hydrogens is 375 g/mol. The summed E-state index contributed by atoms with van der Waals surface area (Å²) in [6.07, 6.45) is 0.889. The number of benzene rings is 2. The molecule has 0 bridgehead atoms. The summed E-state index contributed by atoms with van der Waals surface area (Å²) in [6, 6.07) is 15.6. The molecule has 1 amide bonds. The van der Waals surface area contributed by atoms with E-state index < -0.39 is 14.2 Å². The van der Waals surface area contributed by atoms with E-state index in [9.17, 15) is 9.36 Å². The van der Waals surface area contributed by atoms with Gasteiger partial charge in [0, 0.05) is 27.7 Å². The summed E-state index contributed by atoms with van der Waals surface area (Å²) in [4.78, 5) is 11.6. The summed E-state index contributed by atoms with van der Waals surface area (Å²) < 4.78 is 24.6. The van der Waals surface area contributed by atoms with Crippen LogP contribution in [0.25, 0.3) is 10.9 Å². The van der Waals surface area contributed by atoms with Crippen LogP contribution in [0.4, 0.5) is 0 Å². The smallest absolute Gasteiger partial charge is 0.369 e. The second-order valence-electron chi connectivity index (χ2n) is 6.61. The van der Waals surface area contributed by atoms with Gasteiger partial charge in [0.2, 0.25) is 5.91 Å². The van der Waals surface area contributed by atoms with Gasteiger partial charge in [0.25, 0.3) is 0 Å². The number of nitrogens with zero attached hydrogens (tertiary/aromatic N) is 1. The Kier molecular flexibility index (Phi) is 6.45. The Labute approximate surface area is 165 Å². The average Bonchev–Trinajstić information content (AvgIpc) is 2.92. The number of primary amides is 1. The molecule has 0 fully saturated rings. The van der Waals surface area contributed by atoms with Gasteiger partial charge >= 0.3 is 8.25 Å². The molecule has 0 aliphatic rings. The molecule has 0 aliphatic carbocycles. The van der Waals surface area contributed by atoms with Gasteiger partial charge in [-0.05, 0) is 42.7 Å². The van der Waals surface area contributed by atoms with Gasteiger partial charge in [-0.1, -0.05) is 37.3 Å². The second kappa shape index (κ2) is 9.00. The maximum atomic E-state index is 11.9. The first kappa shape index (κ1) is 20.1. The number of carbonyl (C=O) groups excluding carboxylic acids is 1. The fourth-order valence-electron chi connectivity index (χ4n) is 3.23. The number of carbonyl (C=O) groups is 1. The highest BCUT2D eigenvalue weighted by molar-refractivity contribution is 7.33. The van der Waals surface area contributed by atoms with Crippen LogP contribution in [0.3, 0.4) is 0 Å². The number of fused-ring (bicyclic) bond motifs is 1. The van der Waals surface area contributed by atoms with Gasteiger partial charge in [-0.3, -0.25) is 4.79 Å². The molecule has 2 aromatic carbocycles. The topological polar surface area (TPSA) is 83.6 Å². The third kappa shape index (κ3) is 4.58. The third-order valence-electron chi connectivity index (χ3n) is 4.54. The highest BCUT2D eigenvalue weighted by atomic mass is 31.1. The highest BCUT2D eigenvalue weighted by Gasteiger charge is 2.23. The number of hydrogen-bond acceptors (Lipinski definition) is 4. The number of rotatable bonds is 9. The SMILES string of the molecule is CCCO[P+](=O)Oc1ccc2c(c1)c(CC(N)=O)c(C)n2Cc1ccccc1. The maximum absolute atomic E-state index is 11.9. The monoisotopic (exact) mass is 399 g/mol. The molecule has 3 aromatic rings. The van der Waals surface area contributed by atoms with Crippen molar-refractivity contribution in [3.05, 3.63) is 65.4 Å². The Morgan fingerprint density at radius 3 is 2.61 bits per heavy atom. The van der Waals surface area contributed by atoms with Gasteiger partial charge in [-0.25, -0.2) is 4.52 Å². The first-order valence-corrected chi connectivity index (χ1v) is 10.3. The van der Waals surface area contributed by atoms with Crippen molar-refractivity contribution in [3.8, 4) is 5.75 Å². The highest BCUT2D eigenvalue weighted by Crippen LogP contribution is 2.34. The lowest BCUT2D eigenvalue weighted by Gasteiger charge is -2.09. The summed E-state index contributed by atoms with van der Waals surface area (Å²) in [5.41, 5.74) is 9.43. The molecule has 6 nitrogen and oxygen atoms in total. The van der Waals surface area contributed by atoms with Crippen LogP contribution in [0.5, 0.6) is 5.75 Å². The molecule has 1 unspecified atom stereocenters. The lowest BCUT2D eigenvalue weighted by atomic mass is 10.1. The maximum Gasteiger partial charge on any atom is 0.750 e. The minimum atomic E-state index is -2.23. The molecule has 1 aromatic heterocycles. The fraction of sp³-hybridized carbons (Fsp3) is 0.286. The molecule has 0 aliphatic heterocycles. The van der Waals surface area contributed by atoms with Crippen LogP contribution in [0.2, 0.25) is 0 Å². The molecule has 0 spiro atoms. The summed E-state index contributed by atoms with van der Waals surface area (Å²) >= 11 is 0. The quantitative estimate of drug-likeness (QED) is 0.538. The molecule has 3 rings (SSSR count). The van der Waals surface area contributed by atoms with Crippen LogP contribution in [-0.4, -0.2) is 17.1 Å². The molecular formula is C21H24N2O4P+. The van der Waals surface area contributed by atoms with E-state index in [1.807, 2.05) is 38.1 Å². The number of nitrogens with two attached hydrogens (primary N) is 1. The predicted octanol–water partition coefficient (Wildman–Crippen LogP) is 4.49. The first-order chi connectivity index (χ1) is 13.5.